The summed E-state index contributed by atoms with van der Waals surface area (Å²) in [5.74, 6) is 0.0860. The summed E-state index contributed by atoms with van der Waals surface area (Å²) in [7, 11) is 0. The molecule has 2 saturated heterocycles. The van der Waals surface area contributed by atoms with Crippen molar-refractivity contribution in [3.05, 3.63) is 71.8 Å². The monoisotopic (exact) mass is 550 g/mol. The Morgan fingerprint density at radius 3 is 2.40 bits per heavy atom. The molecule has 0 radical (unpaired) electrons. The lowest BCUT2D eigenvalue weighted by Crippen LogP contribution is -2.39. The van der Waals surface area contributed by atoms with Gasteiger partial charge in [0.05, 0.1) is 38.0 Å². The molecule has 2 heterocycles. The van der Waals surface area contributed by atoms with Gasteiger partial charge in [-0.3, -0.25) is 14.5 Å². The topological polar surface area (TPSA) is 97.8 Å². The Kier molecular flexibility index (Phi) is 10.2. The van der Waals surface area contributed by atoms with Crippen LogP contribution in [0.25, 0.3) is 5.76 Å². The van der Waals surface area contributed by atoms with Crippen LogP contribution in [0.4, 0.5) is 0 Å². The molecule has 2 aromatic carbocycles. The number of carbonyl (C=O) groups excluding carboxylic acids is 2. The summed E-state index contributed by atoms with van der Waals surface area (Å²) in [6, 6.07) is 11.4. The van der Waals surface area contributed by atoms with Gasteiger partial charge in [0.15, 0.2) is 11.5 Å². The van der Waals surface area contributed by atoms with Gasteiger partial charge < -0.3 is 29.0 Å². The first kappa shape index (κ1) is 29.2. The molecule has 9 heteroatoms. The van der Waals surface area contributed by atoms with Gasteiger partial charge in [-0.2, -0.15) is 0 Å². The molecule has 1 unspecified atom stereocenters. The Labute approximate surface area is 235 Å². The molecule has 214 valence electrons. The van der Waals surface area contributed by atoms with Gasteiger partial charge in [0.1, 0.15) is 18.1 Å². The number of morpholine rings is 1. The number of hydrogen-bond acceptors (Lipinski definition) is 8. The number of likely N-dealkylation sites (tertiary alicyclic amines) is 1. The Morgan fingerprint density at radius 2 is 1.73 bits per heavy atom. The zero-order valence-corrected chi connectivity index (χ0v) is 23.3. The zero-order chi connectivity index (χ0) is 28.5. The lowest BCUT2D eigenvalue weighted by atomic mass is 9.95. The van der Waals surface area contributed by atoms with Crippen molar-refractivity contribution in [1.29, 1.82) is 0 Å². The standard InChI is InChI=1S/C31H38N2O7/c1-4-18-40-25-13-10-23(21-26(25)39-6-3)28-27(29(34)22-8-11-24(12-9-22)38-5-2)30(35)31(36)33(28)15-7-14-32-16-19-37-20-17-32/h4,8-13,21,28,34H,1,5-7,14-20H2,2-3H3. The van der Waals surface area contributed by atoms with E-state index in [2.05, 4.69) is 11.5 Å². The van der Waals surface area contributed by atoms with Crippen LogP contribution in [0.15, 0.2) is 60.7 Å². The summed E-state index contributed by atoms with van der Waals surface area (Å²) in [4.78, 5) is 30.7. The van der Waals surface area contributed by atoms with Crippen LogP contribution in [0, 0.1) is 0 Å². The van der Waals surface area contributed by atoms with Gasteiger partial charge in [-0.15, -0.1) is 0 Å². The van der Waals surface area contributed by atoms with E-state index in [1.54, 1.807) is 53.4 Å². The van der Waals surface area contributed by atoms with Crippen molar-refractivity contribution in [1.82, 2.24) is 9.80 Å². The highest BCUT2D eigenvalue weighted by Crippen LogP contribution is 2.42. The van der Waals surface area contributed by atoms with Gasteiger partial charge in [0, 0.05) is 31.7 Å². The normalized spacial score (nSPS) is 19.1. The average Bonchev–Trinajstić information content (AvgIpc) is 3.22. The van der Waals surface area contributed by atoms with E-state index in [0.717, 1.165) is 19.6 Å². The number of ketones is 1. The van der Waals surface area contributed by atoms with Gasteiger partial charge in [-0.1, -0.05) is 18.7 Å². The van der Waals surface area contributed by atoms with Crippen LogP contribution in [0.1, 0.15) is 37.4 Å². The fourth-order valence-corrected chi connectivity index (χ4v) is 5.01. The highest BCUT2D eigenvalue weighted by atomic mass is 16.5. The van der Waals surface area contributed by atoms with E-state index in [0.29, 0.717) is 74.4 Å². The smallest absolute Gasteiger partial charge is 0.295 e. The third-order valence-corrected chi connectivity index (χ3v) is 6.90. The molecule has 0 aromatic heterocycles. The molecule has 2 fully saturated rings. The predicted molar refractivity (Wildman–Crippen MR) is 152 cm³/mol. The molecule has 2 aromatic rings. The second-order valence-corrected chi connectivity index (χ2v) is 9.50. The first-order valence-electron chi connectivity index (χ1n) is 13.8. The highest BCUT2D eigenvalue weighted by molar-refractivity contribution is 6.46. The lowest BCUT2D eigenvalue weighted by molar-refractivity contribution is -0.140. The number of benzene rings is 2. The van der Waals surface area contributed by atoms with E-state index in [1.165, 1.54) is 0 Å². The summed E-state index contributed by atoms with van der Waals surface area (Å²) < 4.78 is 22.5. The summed E-state index contributed by atoms with van der Waals surface area (Å²) in [5, 5.41) is 11.4. The summed E-state index contributed by atoms with van der Waals surface area (Å²) >= 11 is 0. The number of aliphatic hydroxyl groups excluding tert-OH is 1. The van der Waals surface area contributed by atoms with Crippen molar-refractivity contribution in [2.75, 3.05) is 59.2 Å². The summed E-state index contributed by atoms with van der Waals surface area (Å²) in [6.07, 6.45) is 2.31. The minimum absolute atomic E-state index is 0.0442. The van der Waals surface area contributed by atoms with Crippen molar-refractivity contribution < 1.29 is 33.6 Å². The Balaban J connectivity index is 1.72. The second kappa shape index (κ2) is 14.0. The molecule has 2 aliphatic rings. The lowest BCUT2D eigenvalue weighted by Gasteiger charge is -2.29. The van der Waals surface area contributed by atoms with Crippen molar-refractivity contribution in [3.8, 4) is 17.2 Å². The molecule has 1 amide bonds. The fraction of sp³-hybridized carbons (Fsp3) is 0.419. The van der Waals surface area contributed by atoms with Crippen LogP contribution < -0.4 is 14.2 Å². The first-order valence-corrected chi connectivity index (χ1v) is 13.8. The van der Waals surface area contributed by atoms with Crippen molar-refractivity contribution in [2.45, 2.75) is 26.3 Å². The molecule has 4 rings (SSSR count). The number of carbonyl (C=O) groups is 2. The van der Waals surface area contributed by atoms with Crippen LogP contribution in [-0.4, -0.2) is 85.8 Å². The highest BCUT2D eigenvalue weighted by Gasteiger charge is 2.46. The quantitative estimate of drug-likeness (QED) is 0.172. The van der Waals surface area contributed by atoms with E-state index in [4.69, 9.17) is 18.9 Å². The Morgan fingerprint density at radius 1 is 1.00 bits per heavy atom. The van der Waals surface area contributed by atoms with E-state index < -0.39 is 17.7 Å². The predicted octanol–water partition coefficient (Wildman–Crippen LogP) is 4.19. The van der Waals surface area contributed by atoms with E-state index in [9.17, 15) is 14.7 Å². The van der Waals surface area contributed by atoms with E-state index in [-0.39, 0.29) is 11.3 Å². The number of ether oxygens (including phenoxy) is 4. The number of nitrogens with zero attached hydrogens (tertiary/aromatic N) is 2. The molecule has 1 atom stereocenters. The molecule has 0 saturated carbocycles. The van der Waals surface area contributed by atoms with Gasteiger partial charge in [-0.25, -0.2) is 0 Å². The van der Waals surface area contributed by atoms with Gasteiger partial charge in [-0.05, 0) is 62.2 Å². The van der Waals surface area contributed by atoms with Gasteiger partial charge >= 0.3 is 0 Å². The van der Waals surface area contributed by atoms with Crippen LogP contribution in [0.3, 0.4) is 0 Å². The van der Waals surface area contributed by atoms with Crippen molar-refractivity contribution in [3.63, 3.8) is 0 Å². The Hall–Kier alpha value is -3.82. The van der Waals surface area contributed by atoms with Crippen LogP contribution in [-0.2, 0) is 14.3 Å². The first-order chi connectivity index (χ1) is 19.5. The SMILES string of the molecule is C=CCOc1ccc(C2C(=C(O)c3ccc(OCC)cc3)C(=O)C(=O)N2CCCN2CCOCC2)cc1OCC. The summed E-state index contributed by atoms with van der Waals surface area (Å²) in [5.41, 5.74) is 1.12. The number of rotatable bonds is 13. The number of amides is 1. The third-order valence-electron chi connectivity index (χ3n) is 6.90. The summed E-state index contributed by atoms with van der Waals surface area (Å²) in [6.45, 7) is 12.8. The molecule has 40 heavy (non-hydrogen) atoms. The molecule has 2 aliphatic heterocycles. The van der Waals surface area contributed by atoms with E-state index in [1.807, 2.05) is 13.8 Å². The van der Waals surface area contributed by atoms with Crippen molar-refractivity contribution >= 4 is 17.4 Å². The molecule has 0 aliphatic carbocycles. The number of aliphatic hydroxyl groups is 1. The van der Waals surface area contributed by atoms with E-state index >= 15 is 0 Å². The second-order valence-electron chi connectivity index (χ2n) is 9.50. The maximum Gasteiger partial charge on any atom is 0.295 e. The van der Waals surface area contributed by atoms with Gasteiger partial charge in [0.2, 0.25) is 0 Å². The largest absolute Gasteiger partial charge is 0.507 e. The minimum atomic E-state index is -0.788. The van der Waals surface area contributed by atoms with Crippen LogP contribution >= 0.6 is 0 Å². The molecular formula is C31H38N2O7. The molecule has 0 bridgehead atoms. The third kappa shape index (κ3) is 6.66. The molecule has 0 spiro atoms. The average molecular weight is 551 g/mol. The Bertz CT molecular complexity index is 1220. The molecular weight excluding hydrogens is 512 g/mol. The van der Waals surface area contributed by atoms with Crippen LogP contribution in [0.2, 0.25) is 0 Å². The fourth-order valence-electron chi connectivity index (χ4n) is 5.01. The minimum Gasteiger partial charge on any atom is -0.507 e. The zero-order valence-electron chi connectivity index (χ0n) is 23.3. The van der Waals surface area contributed by atoms with Crippen LogP contribution in [0.5, 0.6) is 17.2 Å². The maximum atomic E-state index is 13.4. The number of hydrogen-bond donors (Lipinski definition) is 1. The number of Topliss-reactive ketones (excluding diaryl/α,β-unsaturated/α-hetero) is 1. The van der Waals surface area contributed by atoms with Gasteiger partial charge in [0.25, 0.3) is 11.7 Å². The molecule has 1 N–H and O–H groups in total. The maximum absolute atomic E-state index is 13.4. The van der Waals surface area contributed by atoms with Crippen molar-refractivity contribution in [2.24, 2.45) is 0 Å². The molecule has 9 nitrogen and oxygen atoms in total.